The van der Waals surface area contributed by atoms with Crippen molar-refractivity contribution < 1.29 is 4.74 Å². The Kier molecular flexibility index (Phi) is 5.31. The van der Waals surface area contributed by atoms with E-state index >= 15 is 0 Å². The van der Waals surface area contributed by atoms with Crippen molar-refractivity contribution in [2.45, 2.75) is 46.6 Å². The van der Waals surface area contributed by atoms with Gasteiger partial charge in [-0.2, -0.15) is 0 Å². The van der Waals surface area contributed by atoms with E-state index in [2.05, 4.69) is 32.2 Å². The highest BCUT2D eigenvalue weighted by atomic mass is 32.1. The molecule has 0 radical (unpaired) electrons. The minimum absolute atomic E-state index is 0.00536. The molecule has 20 heavy (non-hydrogen) atoms. The maximum Gasteiger partial charge on any atom is 0.161 e. The van der Waals surface area contributed by atoms with Crippen molar-refractivity contribution >= 4 is 27.4 Å². The normalized spacial score (nSPS) is 12.8. The number of fused-ring (bicyclic) bond motifs is 1. The predicted molar refractivity (Wildman–Crippen MR) is 85.6 cm³/mol. The van der Waals surface area contributed by atoms with Gasteiger partial charge in [0.2, 0.25) is 0 Å². The van der Waals surface area contributed by atoms with Crippen LogP contribution < -0.4 is 5.32 Å². The van der Waals surface area contributed by atoms with Gasteiger partial charge in [0.25, 0.3) is 0 Å². The smallest absolute Gasteiger partial charge is 0.161 e. The summed E-state index contributed by atoms with van der Waals surface area (Å²) in [6, 6.07) is 2.15. The van der Waals surface area contributed by atoms with Crippen molar-refractivity contribution in [2.75, 3.05) is 18.5 Å². The zero-order chi connectivity index (χ0) is 14.5. The summed E-state index contributed by atoms with van der Waals surface area (Å²) in [6.45, 7) is 9.90. The molecule has 0 aromatic carbocycles. The van der Waals surface area contributed by atoms with Crippen LogP contribution in [-0.4, -0.2) is 23.1 Å². The van der Waals surface area contributed by atoms with Crippen LogP contribution in [0.1, 0.15) is 50.4 Å². The molecule has 2 aromatic heterocycles. The summed E-state index contributed by atoms with van der Waals surface area (Å²) in [5, 5.41) is 4.46. The van der Waals surface area contributed by atoms with Crippen LogP contribution >= 0.6 is 11.3 Å². The Morgan fingerprint density at radius 3 is 2.75 bits per heavy atom. The first kappa shape index (κ1) is 15.2. The van der Waals surface area contributed by atoms with Gasteiger partial charge in [0.15, 0.2) is 5.82 Å². The average molecular weight is 293 g/mol. The first-order valence-electron chi connectivity index (χ1n) is 7.33. The number of aryl methyl sites for hydroxylation is 1. The lowest BCUT2D eigenvalue weighted by molar-refractivity contribution is 0.0497. The van der Waals surface area contributed by atoms with Crippen LogP contribution in [0.3, 0.4) is 0 Å². The van der Waals surface area contributed by atoms with Gasteiger partial charge >= 0.3 is 0 Å². The summed E-state index contributed by atoms with van der Waals surface area (Å²) < 4.78 is 5.81. The first-order valence-corrected chi connectivity index (χ1v) is 8.14. The second-order valence-electron chi connectivity index (χ2n) is 4.77. The molecule has 0 aliphatic heterocycles. The number of hydrogen-bond donors (Lipinski definition) is 1. The minimum Gasteiger partial charge on any atom is -0.371 e. The van der Waals surface area contributed by atoms with Gasteiger partial charge in [0.1, 0.15) is 16.8 Å². The predicted octanol–water partition coefficient (Wildman–Crippen LogP) is 4.31. The van der Waals surface area contributed by atoms with E-state index in [1.54, 1.807) is 11.3 Å². The van der Waals surface area contributed by atoms with Crippen molar-refractivity contribution in [1.82, 2.24) is 9.97 Å². The Hall–Kier alpha value is -1.20. The molecule has 2 aromatic rings. The van der Waals surface area contributed by atoms with E-state index in [0.717, 1.165) is 41.2 Å². The summed E-state index contributed by atoms with van der Waals surface area (Å²) in [4.78, 5) is 11.7. The highest BCUT2D eigenvalue weighted by Gasteiger charge is 2.18. The lowest BCUT2D eigenvalue weighted by atomic mass is 10.2. The van der Waals surface area contributed by atoms with Crippen molar-refractivity contribution in [1.29, 1.82) is 0 Å². The molecule has 1 unspecified atom stereocenters. The van der Waals surface area contributed by atoms with Crippen LogP contribution in [0.25, 0.3) is 10.2 Å². The van der Waals surface area contributed by atoms with Gasteiger partial charge in [0.05, 0.1) is 5.39 Å². The van der Waals surface area contributed by atoms with Gasteiger partial charge in [0, 0.05) is 18.0 Å². The second kappa shape index (κ2) is 6.99. The van der Waals surface area contributed by atoms with Crippen LogP contribution in [0.4, 0.5) is 5.82 Å². The van der Waals surface area contributed by atoms with Crippen LogP contribution in [0, 0.1) is 6.92 Å². The number of nitrogens with zero attached hydrogens (tertiary/aromatic N) is 2. The lowest BCUT2D eigenvalue weighted by Gasteiger charge is -2.16. The molecule has 0 amide bonds. The van der Waals surface area contributed by atoms with E-state index in [0.29, 0.717) is 6.61 Å². The average Bonchev–Trinajstić information content (AvgIpc) is 2.79. The van der Waals surface area contributed by atoms with E-state index in [9.17, 15) is 0 Å². The van der Waals surface area contributed by atoms with Gasteiger partial charge in [-0.3, -0.25) is 0 Å². The molecule has 0 aliphatic rings. The molecule has 4 nitrogen and oxygen atoms in total. The highest BCUT2D eigenvalue weighted by molar-refractivity contribution is 7.18. The molecule has 2 heterocycles. The van der Waals surface area contributed by atoms with Gasteiger partial charge in [-0.05, 0) is 33.3 Å². The fraction of sp³-hybridized carbons (Fsp3) is 0.600. The minimum atomic E-state index is -0.00536. The summed E-state index contributed by atoms with van der Waals surface area (Å²) in [5.74, 6) is 1.73. The molecule has 0 spiro atoms. The molecule has 0 bridgehead atoms. The van der Waals surface area contributed by atoms with E-state index in [4.69, 9.17) is 14.7 Å². The molecule has 0 aliphatic carbocycles. The number of hydrogen-bond acceptors (Lipinski definition) is 5. The molecular formula is C15H23N3OS. The zero-order valence-corrected chi connectivity index (χ0v) is 13.5. The van der Waals surface area contributed by atoms with Crippen LogP contribution in [0.15, 0.2) is 6.07 Å². The SMILES string of the molecule is CCCC(OCC)c1nc(NCC)c2cc(C)sc2n1. The summed E-state index contributed by atoms with van der Waals surface area (Å²) in [6.07, 6.45) is 2.01. The first-order chi connectivity index (χ1) is 9.69. The van der Waals surface area contributed by atoms with Crippen LogP contribution in [0.5, 0.6) is 0 Å². The topological polar surface area (TPSA) is 47.0 Å². The van der Waals surface area contributed by atoms with Gasteiger partial charge in [-0.25, -0.2) is 9.97 Å². The standard InChI is InChI=1S/C15H23N3OS/c1-5-8-12(19-7-3)14-17-13(16-6-2)11-9-10(4)20-15(11)18-14/h9,12H,5-8H2,1-4H3,(H,16,17,18). The molecular weight excluding hydrogens is 270 g/mol. The molecule has 5 heteroatoms. The number of nitrogens with one attached hydrogen (secondary N) is 1. The molecule has 2 rings (SSSR count). The Bertz CT molecular complexity index is 561. The zero-order valence-electron chi connectivity index (χ0n) is 12.7. The number of anilines is 1. The van der Waals surface area contributed by atoms with E-state index < -0.39 is 0 Å². The third-order valence-electron chi connectivity index (χ3n) is 3.08. The largest absolute Gasteiger partial charge is 0.371 e. The molecule has 1 atom stereocenters. The van der Waals surface area contributed by atoms with Crippen LogP contribution in [-0.2, 0) is 4.74 Å². The molecule has 0 fully saturated rings. The quantitative estimate of drug-likeness (QED) is 0.826. The summed E-state index contributed by atoms with van der Waals surface area (Å²) in [7, 11) is 0. The summed E-state index contributed by atoms with van der Waals surface area (Å²) in [5.41, 5.74) is 0. The number of rotatable bonds is 7. The van der Waals surface area contributed by atoms with Crippen molar-refractivity contribution in [3.63, 3.8) is 0 Å². The van der Waals surface area contributed by atoms with Crippen molar-refractivity contribution in [3.05, 3.63) is 16.8 Å². The Morgan fingerprint density at radius 1 is 1.30 bits per heavy atom. The fourth-order valence-electron chi connectivity index (χ4n) is 2.25. The van der Waals surface area contributed by atoms with Gasteiger partial charge in [-0.15, -0.1) is 11.3 Å². The fourth-order valence-corrected chi connectivity index (χ4v) is 3.14. The van der Waals surface area contributed by atoms with E-state index in [1.807, 2.05) is 6.92 Å². The third kappa shape index (κ3) is 3.27. The maximum absolute atomic E-state index is 5.81. The number of ether oxygens (including phenoxy) is 1. The van der Waals surface area contributed by atoms with Gasteiger partial charge in [-0.1, -0.05) is 13.3 Å². The third-order valence-corrected chi connectivity index (χ3v) is 4.03. The maximum atomic E-state index is 5.81. The van der Waals surface area contributed by atoms with Gasteiger partial charge < -0.3 is 10.1 Å². The molecule has 0 saturated carbocycles. The molecule has 110 valence electrons. The van der Waals surface area contributed by atoms with E-state index in [1.165, 1.54) is 4.88 Å². The summed E-state index contributed by atoms with van der Waals surface area (Å²) >= 11 is 1.71. The van der Waals surface area contributed by atoms with E-state index in [-0.39, 0.29) is 6.10 Å². The van der Waals surface area contributed by atoms with Crippen LogP contribution in [0.2, 0.25) is 0 Å². The number of aromatic nitrogens is 2. The van der Waals surface area contributed by atoms with Crippen molar-refractivity contribution in [2.24, 2.45) is 0 Å². The monoisotopic (exact) mass is 293 g/mol. The second-order valence-corrected chi connectivity index (χ2v) is 6.00. The Balaban J connectivity index is 2.46. The Labute approximate surface area is 124 Å². The number of thiophene rings is 1. The van der Waals surface area contributed by atoms with Crippen molar-refractivity contribution in [3.8, 4) is 0 Å². The molecule has 0 saturated heterocycles. The Morgan fingerprint density at radius 2 is 2.10 bits per heavy atom. The lowest BCUT2D eigenvalue weighted by Crippen LogP contribution is -2.11. The molecule has 1 N–H and O–H groups in total. The highest BCUT2D eigenvalue weighted by Crippen LogP contribution is 2.31.